The van der Waals surface area contributed by atoms with Gasteiger partial charge in [-0.05, 0) is 48.5 Å². The minimum absolute atomic E-state index is 0.00639. The first-order valence-electron chi connectivity index (χ1n) is 12.2. The van der Waals surface area contributed by atoms with Gasteiger partial charge in [0.1, 0.15) is 11.5 Å². The summed E-state index contributed by atoms with van der Waals surface area (Å²) in [7, 11) is 4.71. The number of phenolic OH excluding ortho intramolecular Hbond substituents is 2. The predicted molar refractivity (Wildman–Crippen MR) is 145 cm³/mol. The van der Waals surface area contributed by atoms with Crippen LogP contribution < -0.4 is 9.47 Å². The molecular formula is C30H26O12. The van der Waals surface area contributed by atoms with Crippen LogP contribution in [-0.4, -0.2) is 73.7 Å². The number of rotatable bonds is 12. The van der Waals surface area contributed by atoms with Gasteiger partial charge in [-0.25, -0.2) is 9.59 Å². The lowest BCUT2D eigenvalue weighted by Crippen LogP contribution is -2.14. The molecule has 3 rings (SSSR count). The zero-order valence-electron chi connectivity index (χ0n) is 23.0. The van der Waals surface area contributed by atoms with Gasteiger partial charge in [0.05, 0.1) is 74.7 Å². The highest BCUT2D eigenvalue weighted by molar-refractivity contribution is 6.18. The SMILES string of the molecule is COC(=O)c1ccc(O)c(C(=O)CC(=O)c2ccc(C(=O)CC(=O)c3cc(C(=O)OC)ccc3O)c(OC)c2OC)c1. The maximum atomic E-state index is 13.1. The number of hydrogen-bond acceptors (Lipinski definition) is 12. The summed E-state index contributed by atoms with van der Waals surface area (Å²) in [4.78, 5) is 75.6. The number of aromatic hydroxyl groups is 2. The number of methoxy groups -OCH3 is 4. The smallest absolute Gasteiger partial charge is 0.337 e. The molecule has 0 aliphatic heterocycles. The number of carbonyl (C=O) groups excluding carboxylic acids is 6. The van der Waals surface area contributed by atoms with E-state index >= 15 is 0 Å². The van der Waals surface area contributed by atoms with Gasteiger partial charge in [0, 0.05) is 0 Å². The Morgan fingerprint density at radius 3 is 1.17 bits per heavy atom. The van der Waals surface area contributed by atoms with Gasteiger partial charge in [-0.2, -0.15) is 0 Å². The fourth-order valence-electron chi connectivity index (χ4n) is 4.09. The van der Waals surface area contributed by atoms with Gasteiger partial charge >= 0.3 is 11.9 Å². The molecule has 3 aromatic rings. The molecule has 0 spiro atoms. The van der Waals surface area contributed by atoms with Crippen molar-refractivity contribution in [1.29, 1.82) is 0 Å². The van der Waals surface area contributed by atoms with Gasteiger partial charge < -0.3 is 29.2 Å². The van der Waals surface area contributed by atoms with Gasteiger partial charge in [-0.3, -0.25) is 19.2 Å². The molecule has 0 heterocycles. The first kappa shape index (κ1) is 31.0. The highest BCUT2D eigenvalue weighted by Gasteiger charge is 2.27. The molecule has 0 unspecified atom stereocenters. The van der Waals surface area contributed by atoms with Crippen LogP contribution in [0.3, 0.4) is 0 Å². The fraction of sp³-hybridized carbons (Fsp3) is 0.200. The summed E-state index contributed by atoms with van der Waals surface area (Å²) in [6.45, 7) is 0. The second-order valence-electron chi connectivity index (χ2n) is 8.72. The van der Waals surface area contributed by atoms with E-state index < -0.39 is 59.4 Å². The summed E-state index contributed by atoms with van der Waals surface area (Å²) in [5.41, 5.74) is -0.819. The van der Waals surface area contributed by atoms with Gasteiger partial charge in [0.2, 0.25) is 0 Å². The number of ether oxygens (including phenoxy) is 4. The summed E-state index contributed by atoms with van der Waals surface area (Å²) in [6, 6.07) is 9.40. The normalized spacial score (nSPS) is 10.4. The molecule has 0 saturated carbocycles. The van der Waals surface area contributed by atoms with Crippen LogP contribution in [0.5, 0.6) is 23.0 Å². The molecule has 0 aromatic heterocycles. The topological polar surface area (TPSA) is 180 Å². The Hall–Kier alpha value is -5.52. The molecule has 218 valence electrons. The maximum Gasteiger partial charge on any atom is 0.337 e. The van der Waals surface area contributed by atoms with Gasteiger partial charge in [0.25, 0.3) is 0 Å². The van der Waals surface area contributed by atoms with E-state index in [4.69, 9.17) is 9.47 Å². The predicted octanol–water partition coefficient (Wildman–Crippen LogP) is 3.60. The number of phenols is 2. The Kier molecular flexibility index (Phi) is 9.76. The Morgan fingerprint density at radius 1 is 0.524 bits per heavy atom. The van der Waals surface area contributed by atoms with Crippen molar-refractivity contribution in [3.05, 3.63) is 81.9 Å². The Bertz CT molecular complexity index is 1480. The van der Waals surface area contributed by atoms with E-state index in [1.54, 1.807) is 0 Å². The van der Waals surface area contributed by atoms with E-state index in [-0.39, 0.29) is 44.9 Å². The van der Waals surface area contributed by atoms with E-state index in [9.17, 15) is 39.0 Å². The number of carbonyl (C=O) groups is 6. The van der Waals surface area contributed by atoms with E-state index in [0.29, 0.717) is 0 Å². The molecule has 0 aliphatic rings. The van der Waals surface area contributed by atoms with E-state index in [1.165, 1.54) is 38.5 Å². The van der Waals surface area contributed by atoms with Crippen LogP contribution in [0.4, 0.5) is 0 Å². The molecule has 0 fully saturated rings. The van der Waals surface area contributed by atoms with Crippen LogP contribution in [0.25, 0.3) is 0 Å². The maximum absolute atomic E-state index is 13.1. The van der Waals surface area contributed by atoms with Crippen LogP contribution in [0, 0.1) is 0 Å². The van der Waals surface area contributed by atoms with Crippen LogP contribution in [0.2, 0.25) is 0 Å². The summed E-state index contributed by atoms with van der Waals surface area (Å²) in [5, 5.41) is 20.2. The van der Waals surface area contributed by atoms with Crippen molar-refractivity contribution in [2.24, 2.45) is 0 Å². The number of hydrogen-bond donors (Lipinski definition) is 2. The van der Waals surface area contributed by atoms with Crippen molar-refractivity contribution in [1.82, 2.24) is 0 Å². The third-order valence-corrected chi connectivity index (χ3v) is 6.20. The molecule has 42 heavy (non-hydrogen) atoms. The van der Waals surface area contributed by atoms with Crippen LogP contribution in [0.15, 0.2) is 48.5 Å². The first-order valence-corrected chi connectivity index (χ1v) is 12.2. The average molecular weight is 579 g/mol. The molecular weight excluding hydrogens is 552 g/mol. The van der Waals surface area contributed by atoms with Crippen molar-refractivity contribution in [2.75, 3.05) is 28.4 Å². The van der Waals surface area contributed by atoms with E-state index in [0.717, 1.165) is 38.5 Å². The van der Waals surface area contributed by atoms with Crippen LogP contribution in [0.1, 0.15) is 75.0 Å². The summed E-state index contributed by atoms with van der Waals surface area (Å²) in [6.07, 6.45) is -1.47. The van der Waals surface area contributed by atoms with Gasteiger partial charge in [-0.15, -0.1) is 0 Å². The quantitative estimate of drug-likeness (QED) is 0.181. The van der Waals surface area contributed by atoms with E-state index in [1.807, 2.05) is 0 Å². The molecule has 0 bridgehead atoms. The minimum atomic E-state index is -0.802. The standard InChI is InChI=1S/C30H26O12/c1-39-27-17(23(33)13-25(35)19-11-15(29(37)41-3)5-9-21(19)31)7-8-18(28(27)40-2)24(34)14-26(36)20-12-16(30(38)42-4)6-10-22(20)32/h5-12,31-32H,13-14H2,1-4H3. The van der Waals surface area contributed by atoms with Crippen molar-refractivity contribution in [2.45, 2.75) is 12.8 Å². The number of esters is 2. The second-order valence-corrected chi connectivity index (χ2v) is 8.72. The molecule has 12 nitrogen and oxygen atoms in total. The van der Waals surface area contributed by atoms with Gasteiger partial charge in [0.15, 0.2) is 34.6 Å². The summed E-state index contributed by atoms with van der Waals surface area (Å²) < 4.78 is 19.9. The number of ketones is 4. The number of Topliss-reactive ketones (excluding diaryl/α,β-unsaturated/α-hetero) is 4. The van der Waals surface area contributed by atoms with Crippen molar-refractivity contribution >= 4 is 35.1 Å². The third kappa shape index (κ3) is 6.44. The lowest BCUT2D eigenvalue weighted by molar-refractivity contribution is 0.0591. The molecule has 12 heteroatoms. The second kappa shape index (κ2) is 13.2. The molecule has 0 atom stereocenters. The molecule has 0 aliphatic carbocycles. The monoisotopic (exact) mass is 578 g/mol. The Labute approximate surface area is 239 Å². The Balaban J connectivity index is 1.89. The molecule has 0 saturated heterocycles. The summed E-state index contributed by atoms with van der Waals surface area (Å²) in [5.74, 6) is -5.85. The van der Waals surface area contributed by atoms with Crippen molar-refractivity contribution in [3.8, 4) is 23.0 Å². The highest BCUT2D eigenvalue weighted by Crippen LogP contribution is 2.37. The van der Waals surface area contributed by atoms with Crippen LogP contribution >= 0.6 is 0 Å². The van der Waals surface area contributed by atoms with E-state index in [2.05, 4.69) is 9.47 Å². The average Bonchev–Trinajstić information content (AvgIpc) is 2.99. The van der Waals surface area contributed by atoms with Crippen molar-refractivity contribution < 1.29 is 57.9 Å². The minimum Gasteiger partial charge on any atom is -0.507 e. The zero-order valence-corrected chi connectivity index (χ0v) is 23.0. The molecule has 2 N–H and O–H groups in total. The lowest BCUT2D eigenvalue weighted by Gasteiger charge is -2.15. The third-order valence-electron chi connectivity index (χ3n) is 6.20. The lowest BCUT2D eigenvalue weighted by atomic mass is 9.95. The molecule has 0 amide bonds. The largest absolute Gasteiger partial charge is 0.507 e. The number of benzene rings is 3. The van der Waals surface area contributed by atoms with Crippen molar-refractivity contribution in [3.63, 3.8) is 0 Å². The first-order chi connectivity index (χ1) is 20.0. The summed E-state index contributed by atoms with van der Waals surface area (Å²) >= 11 is 0. The molecule has 0 radical (unpaired) electrons. The van der Waals surface area contributed by atoms with Crippen LogP contribution in [-0.2, 0) is 9.47 Å². The highest BCUT2D eigenvalue weighted by atomic mass is 16.5. The zero-order chi connectivity index (χ0) is 31.1. The Morgan fingerprint density at radius 2 is 0.857 bits per heavy atom. The fourth-order valence-corrected chi connectivity index (χ4v) is 4.09. The van der Waals surface area contributed by atoms with Gasteiger partial charge in [-0.1, -0.05) is 0 Å². The molecule has 3 aromatic carbocycles.